The molecule has 6 heteroatoms. The Kier molecular flexibility index (Phi) is 3.41. The van der Waals surface area contributed by atoms with E-state index in [1.54, 1.807) is 20.8 Å². The zero-order chi connectivity index (χ0) is 15.1. The molecule has 1 aliphatic rings. The summed E-state index contributed by atoms with van der Waals surface area (Å²) in [6, 6.07) is 3.31. The molecule has 0 radical (unpaired) electrons. The first-order valence-electron chi connectivity index (χ1n) is 6.27. The Hall–Kier alpha value is -2.11. The van der Waals surface area contributed by atoms with E-state index in [2.05, 4.69) is 5.32 Å². The summed E-state index contributed by atoms with van der Waals surface area (Å²) in [6.45, 7) is 4.73. The number of carbonyl (C=O) groups excluding carboxylic acids is 2. The Morgan fingerprint density at radius 1 is 1.35 bits per heavy atom. The maximum atomic E-state index is 14.0. The van der Waals surface area contributed by atoms with Crippen molar-refractivity contribution in [2.24, 2.45) is 0 Å². The van der Waals surface area contributed by atoms with Gasteiger partial charge in [0.15, 0.2) is 0 Å². The van der Waals surface area contributed by atoms with E-state index in [-0.39, 0.29) is 17.5 Å². The van der Waals surface area contributed by atoms with Gasteiger partial charge in [-0.15, -0.1) is 0 Å². The average Bonchev–Trinajstić information content (AvgIpc) is 2.38. The second-order valence-electron chi connectivity index (χ2n) is 5.28. The monoisotopic (exact) mass is 280 g/mol. The molecule has 20 heavy (non-hydrogen) atoms. The zero-order valence-electron chi connectivity index (χ0n) is 11.9. The van der Waals surface area contributed by atoms with Crippen LogP contribution >= 0.6 is 0 Å². The highest BCUT2D eigenvalue weighted by Gasteiger charge is 2.44. The second-order valence-corrected chi connectivity index (χ2v) is 5.28. The second kappa shape index (κ2) is 4.77. The molecule has 1 atom stereocenters. The maximum absolute atomic E-state index is 14.0. The van der Waals surface area contributed by atoms with Crippen LogP contribution in [0, 0.1) is 5.82 Å². The van der Waals surface area contributed by atoms with Crippen LogP contribution in [0.1, 0.15) is 20.8 Å². The molecule has 1 saturated heterocycles. The van der Waals surface area contributed by atoms with E-state index in [9.17, 15) is 14.0 Å². The third-order valence-electron chi connectivity index (χ3n) is 3.37. The summed E-state index contributed by atoms with van der Waals surface area (Å²) in [4.78, 5) is 25.6. The van der Waals surface area contributed by atoms with Crippen LogP contribution < -0.4 is 15.0 Å². The number of carbonyl (C=O) groups is 2. The van der Waals surface area contributed by atoms with Crippen molar-refractivity contribution < 1.29 is 18.7 Å². The molecule has 0 aromatic heterocycles. The van der Waals surface area contributed by atoms with Gasteiger partial charge in [0.05, 0.1) is 12.8 Å². The maximum Gasteiger partial charge on any atom is 0.252 e. The summed E-state index contributed by atoms with van der Waals surface area (Å²) in [7, 11) is 1.45. The topological polar surface area (TPSA) is 58.6 Å². The minimum absolute atomic E-state index is 0.0461. The number of anilines is 1. The van der Waals surface area contributed by atoms with E-state index in [0.717, 1.165) is 0 Å². The van der Waals surface area contributed by atoms with Crippen molar-refractivity contribution >= 4 is 17.5 Å². The molecule has 0 spiro atoms. The molecule has 108 valence electrons. The Balaban J connectivity index is 2.53. The fourth-order valence-electron chi connectivity index (χ4n) is 2.18. The summed E-state index contributed by atoms with van der Waals surface area (Å²) in [5.74, 6) is -0.838. The van der Waals surface area contributed by atoms with E-state index >= 15 is 0 Å². The van der Waals surface area contributed by atoms with Gasteiger partial charge in [-0.1, -0.05) is 0 Å². The molecule has 1 heterocycles. The first-order chi connectivity index (χ1) is 9.27. The molecule has 2 rings (SSSR count). The number of ether oxygens (including phenoxy) is 1. The lowest BCUT2D eigenvalue weighted by atomic mass is 9.96. The average molecular weight is 280 g/mol. The lowest BCUT2D eigenvalue weighted by Crippen LogP contribution is -2.67. The highest BCUT2D eigenvalue weighted by Crippen LogP contribution is 2.30. The van der Waals surface area contributed by atoms with Crippen LogP contribution in [0.4, 0.5) is 10.1 Å². The largest absolute Gasteiger partial charge is 0.497 e. The van der Waals surface area contributed by atoms with Crippen LogP contribution in [0.3, 0.4) is 0 Å². The number of halogens is 1. The molecule has 0 bridgehead atoms. The van der Waals surface area contributed by atoms with Crippen molar-refractivity contribution in [1.82, 2.24) is 5.32 Å². The van der Waals surface area contributed by atoms with Crippen LogP contribution in [0.25, 0.3) is 0 Å². The first kappa shape index (κ1) is 14.3. The number of nitrogens with zero attached hydrogens (tertiary/aromatic N) is 1. The Morgan fingerprint density at radius 3 is 2.60 bits per heavy atom. The number of nitrogens with one attached hydrogen (secondary N) is 1. The van der Waals surface area contributed by atoms with Crippen molar-refractivity contribution in [3.05, 3.63) is 24.0 Å². The smallest absolute Gasteiger partial charge is 0.252 e. The molecule has 2 amide bonds. The number of amides is 2. The third-order valence-corrected chi connectivity index (χ3v) is 3.37. The summed E-state index contributed by atoms with van der Waals surface area (Å²) < 4.78 is 19.1. The lowest BCUT2D eigenvalue weighted by Gasteiger charge is -2.41. The number of hydrogen-bond donors (Lipinski definition) is 1. The van der Waals surface area contributed by atoms with Crippen LogP contribution in [-0.2, 0) is 9.59 Å². The molecular formula is C14H17FN2O3. The zero-order valence-corrected chi connectivity index (χ0v) is 11.9. The molecule has 0 saturated carbocycles. The molecule has 1 aromatic rings. The van der Waals surface area contributed by atoms with Gasteiger partial charge in [0.1, 0.15) is 23.1 Å². The van der Waals surface area contributed by atoms with Gasteiger partial charge < -0.3 is 10.1 Å². The Bertz CT molecular complexity index is 572. The number of hydrogen-bond acceptors (Lipinski definition) is 3. The highest BCUT2D eigenvalue weighted by molar-refractivity contribution is 6.10. The van der Waals surface area contributed by atoms with Crippen LogP contribution in [0.15, 0.2) is 18.2 Å². The summed E-state index contributed by atoms with van der Waals surface area (Å²) >= 11 is 0. The van der Waals surface area contributed by atoms with Gasteiger partial charge >= 0.3 is 0 Å². The molecular weight excluding hydrogens is 263 g/mol. The van der Waals surface area contributed by atoms with E-state index in [1.807, 2.05) is 0 Å². The summed E-state index contributed by atoms with van der Waals surface area (Å²) in [5.41, 5.74) is -1.02. The standard InChI is InChI=1S/C14H17FN2O3/c1-8-12(18)16-14(2,3)13(19)17(8)11-7-9(20-4)5-6-10(11)15/h5-8H,1-4H3,(H,16,18). The molecule has 1 aromatic carbocycles. The molecule has 5 nitrogen and oxygen atoms in total. The van der Waals surface area contributed by atoms with Crippen LogP contribution in [-0.4, -0.2) is 30.5 Å². The van der Waals surface area contributed by atoms with Crippen LogP contribution in [0.5, 0.6) is 5.75 Å². The Morgan fingerprint density at radius 2 is 2.00 bits per heavy atom. The number of benzene rings is 1. The predicted molar refractivity (Wildman–Crippen MR) is 72.1 cm³/mol. The van der Waals surface area contributed by atoms with Gasteiger partial charge in [-0.25, -0.2) is 4.39 Å². The summed E-state index contributed by atoms with van der Waals surface area (Å²) in [5, 5.41) is 2.62. The molecule has 1 N–H and O–H groups in total. The fraction of sp³-hybridized carbons (Fsp3) is 0.429. The van der Waals surface area contributed by atoms with Gasteiger partial charge in [-0.05, 0) is 32.9 Å². The van der Waals surface area contributed by atoms with Crippen LogP contribution in [0.2, 0.25) is 0 Å². The van der Waals surface area contributed by atoms with Crippen molar-refractivity contribution in [3.8, 4) is 5.75 Å². The van der Waals surface area contributed by atoms with Gasteiger partial charge in [-0.2, -0.15) is 0 Å². The molecule has 1 aliphatic heterocycles. The number of rotatable bonds is 2. The van der Waals surface area contributed by atoms with E-state index in [0.29, 0.717) is 5.75 Å². The van der Waals surface area contributed by atoms with E-state index in [1.165, 1.54) is 30.2 Å². The van der Waals surface area contributed by atoms with Crippen molar-refractivity contribution in [1.29, 1.82) is 0 Å². The molecule has 1 unspecified atom stereocenters. The first-order valence-corrected chi connectivity index (χ1v) is 6.27. The SMILES string of the molecule is COc1ccc(F)c(N2C(=O)C(C)(C)NC(=O)C2C)c1. The highest BCUT2D eigenvalue weighted by atomic mass is 19.1. The van der Waals surface area contributed by atoms with E-state index < -0.39 is 17.4 Å². The van der Waals surface area contributed by atoms with Crippen molar-refractivity contribution in [2.75, 3.05) is 12.0 Å². The normalized spacial score (nSPS) is 21.6. The van der Waals surface area contributed by atoms with Gasteiger partial charge in [0.2, 0.25) is 5.91 Å². The van der Waals surface area contributed by atoms with Crippen molar-refractivity contribution in [2.45, 2.75) is 32.4 Å². The lowest BCUT2D eigenvalue weighted by molar-refractivity contribution is -0.136. The molecule has 0 aliphatic carbocycles. The number of methoxy groups -OCH3 is 1. The minimum Gasteiger partial charge on any atom is -0.497 e. The Labute approximate surface area is 116 Å². The predicted octanol–water partition coefficient (Wildman–Crippen LogP) is 1.46. The quantitative estimate of drug-likeness (QED) is 0.892. The molecule has 1 fully saturated rings. The number of piperazine rings is 1. The van der Waals surface area contributed by atoms with Gasteiger partial charge in [0, 0.05) is 6.07 Å². The minimum atomic E-state index is -1.07. The van der Waals surface area contributed by atoms with Crippen molar-refractivity contribution in [3.63, 3.8) is 0 Å². The fourth-order valence-corrected chi connectivity index (χ4v) is 2.18. The van der Waals surface area contributed by atoms with E-state index in [4.69, 9.17) is 4.74 Å². The summed E-state index contributed by atoms with van der Waals surface area (Å²) in [6.07, 6.45) is 0. The third kappa shape index (κ3) is 2.21. The van der Waals surface area contributed by atoms with Gasteiger partial charge in [-0.3, -0.25) is 14.5 Å². The van der Waals surface area contributed by atoms with Gasteiger partial charge in [0.25, 0.3) is 5.91 Å².